The first-order valence-electron chi connectivity index (χ1n) is 4.73. The predicted octanol–water partition coefficient (Wildman–Crippen LogP) is 4.45. The fourth-order valence-electron chi connectivity index (χ4n) is 1.39. The molecule has 0 aliphatic heterocycles. The van der Waals surface area contributed by atoms with Gasteiger partial charge < -0.3 is 0 Å². The van der Waals surface area contributed by atoms with E-state index in [-0.39, 0.29) is 5.78 Å². The summed E-state index contributed by atoms with van der Waals surface area (Å²) in [6, 6.07) is 2.06. The first-order chi connectivity index (χ1) is 7.49. The second kappa shape index (κ2) is 4.39. The third kappa shape index (κ3) is 2.12. The van der Waals surface area contributed by atoms with E-state index >= 15 is 0 Å². The SMILES string of the molecule is CC(=O)c1sc(-c2cc(Br)c(C)s2)nc1C. The predicted molar refractivity (Wildman–Crippen MR) is 72.6 cm³/mol. The van der Waals surface area contributed by atoms with Crippen LogP contribution in [0.5, 0.6) is 0 Å². The van der Waals surface area contributed by atoms with Gasteiger partial charge in [0.05, 0.1) is 15.4 Å². The molecule has 0 atom stereocenters. The molecule has 0 N–H and O–H groups in total. The molecule has 0 unspecified atom stereocenters. The Morgan fingerprint density at radius 3 is 2.50 bits per heavy atom. The largest absolute Gasteiger partial charge is 0.294 e. The van der Waals surface area contributed by atoms with Crippen LogP contribution in [-0.4, -0.2) is 10.8 Å². The second-order valence-electron chi connectivity index (χ2n) is 3.50. The Hall–Kier alpha value is -0.520. The zero-order valence-electron chi connectivity index (χ0n) is 9.13. The molecule has 5 heteroatoms. The van der Waals surface area contributed by atoms with Gasteiger partial charge >= 0.3 is 0 Å². The minimum absolute atomic E-state index is 0.0913. The minimum atomic E-state index is 0.0913. The maximum Gasteiger partial charge on any atom is 0.171 e. The first-order valence-corrected chi connectivity index (χ1v) is 7.16. The van der Waals surface area contributed by atoms with Gasteiger partial charge in [-0.25, -0.2) is 4.98 Å². The summed E-state index contributed by atoms with van der Waals surface area (Å²) in [6.45, 7) is 5.52. The van der Waals surface area contributed by atoms with Gasteiger partial charge in [-0.2, -0.15) is 0 Å². The van der Waals surface area contributed by atoms with Gasteiger partial charge in [0, 0.05) is 16.3 Å². The fourth-order valence-corrected chi connectivity index (χ4v) is 3.94. The number of ketones is 1. The van der Waals surface area contributed by atoms with Crippen molar-refractivity contribution in [3.63, 3.8) is 0 Å². The molecule has 2 heterocycles. The van der Waals surface area contributed by atoms with Crippen molar-refractivity contribution in [3.8, 4) is 9.88 Å². The van der Waals surface area contributed by atoms with Crippen molar-refractivity contribution in [2.45, 2.75) is 20.8 Å². The standard InChI is InChI=1S/C11H10BrNOS2/c1-5-10(6(2)14)16-11(13-5)9-4-8(12)7(3)15-9/h4H,1-3H3. The van der Waals surface area contributed by atoms with Crippen LogP contribution in [-0.2, 0) is 0 Å². The summed E-state index contributed by atoms with van der Waals surface area (Å²) in [7, 11) is 0. The van der Waals surface area contributed by atoms with Crippen LogP contribution in [0.1, 0.15) is 27.2 Å². The van der Waals surface area contributed by atoms with Crippen molar-refractivity contribution >= 4 is 44.4 Å². The number of hydrogen-bond acceptors (Lipinski definition) is 4. The number of halogens is 1. The highest BCUT2D eigenvalue weighted by Gasteiger charge is 2.14. The lowest BCUT2D eigenvalue weighted by molar-refractivity contribution is 0.102. The lowest BCUT2D eigenvalue weighted by Gasteiger charge is -1.86. The molecule has 0 saturated carbocycles. The topological polar surface area (TPSA) is 30.0 Å². The molecule has 0 aliphatic rings. The number of thiazole rings is 1. The van der Waals surface area contributed by atoms with E-state index < -0.39 is 0 Å². The van der Waals surface area contributed by atoms with Crippen LogP contribution < -0.4 is 0 Å². The van der Waals surface area contributed by atoms with Gasteiger partial charge in [-0.15, -0.1) is 22.7 Å². The van der Waals surface area contributed by atoms with Gasteiger partial charge in [0.2, 0.25) is 0 Å². The summed E-state index contributed by atoms with van der Waals surface area (Å²) in [6.07, 6.45) is 0. The first kappa shape index (κ1) is 12.0. The fraction of sp³-hybridized carbons (Fsp3) is 0.273. The highest BCUT2D eigenvalue weighted by molar-refractivity contribution is 9.10. The van der Waals surface area contributed by atoms with E-state index in [9.17, 15) is 4.79 Å². The van der Waals surface area contributed by atoms with Crippen LogP contribution in [0.15, 0.2) is 10.5 Å². The summed E-state index contributed by atoms with van der Waals surface area (Å²) in [5.74, 6) is 0.0913. The molecule has 0 aromatic carbocycles. The molecule has 16 heavy (non-hydrogen) atoms. The maximum absolute atomic E-state index is 11.3. The molecule has 2 aromatic heterocycles. The van der Waals surface area contributed by atoms with Crippen LogP contribution >= 0.6 is 38.6 Å². The van der Waals surface area contributed by atoms with Crippen LogP contribution in [0.4, 0.5) is 0 Å². The Kier molecular flexibility index (Phi) is 3.28. The van der Waals surface area contributed by atoms with Crippen LogP contribution in [0, 0.1) is 13.8 Å². The summed E-state index contributed by atoms with van der Waals surface area (Å²) in [4.78, 5) is 18.9. The van der Waals surface area contributed by atoms with E-state index in [1.165, 1.54) is 16.2 Å². The molecule has 0 amide bonds. The second-order valence-corrected chi connectivity index (χ2v) is 6.61. The van der Waals surface area contributed by atoms with Crippen LogP contribution in [0.25, 0.3) is 9.88 Å². The van der Waals surface area contributed by atoms with Gasteiger partial charge in [0.1, 0.15) is 5.01 Å². The normalized spacial score (nSPS) is 10.8. The quantitative estimate of drug-likeness (QED) is 0.766. The molecule has 0 saturated heterocycles. The highest BCUT2D eigenvalue weighted by Crippen LogP contribution is 2.37. The zero-order chi connectivity index (χ0) is 11.9. The molecule has 2 rings (SSSR count). The number of nitrogens with zero attached hydrogens (tertiary/aromatic N) is 1. The van der Waals surface area contributed by atoms with E-state index in [0.717, 1.165) is 24.9 Å². The van der Waals surface area contributed by atoms with Crippen molar-refractivity contribution in [1.29, 1.82) is 0 Å². The lowest BCUT2D eigenvalue weighted by atomic mass is 10.3. The molecular weight excluding hydrogens is 306 g/mol. The number of carbonyl (C=O) groups excluding carboxylic acids is 1. The summed E-state index contributed by atoms with van der Waals surface area (Å²) >= 11 is 6.65. The number of rotatable bonds is 2. The lowest BCUT2D eigenvalue weighted by Crippen LogP contribution is -1.89. The Balaban J connectivity index is 2.49. The van der Waals surface area contributed by atoms with Gasteiger partial charge in [-0.3, -0.25) is 4.79 Å². The van der Waals surface area contributed by atoms with E-state index in [4.69, 9.17) is 0 Å². The zero-order valence-corrected chi connectivity index (χ0v) is 12.3. The number of hydrogen-bond donors (Lipinski definition) is 0. The Morgan fingerprint density at radius 2 is 2.06 bits per heavy atom. The summed E-state index contributed by atoms with van der Waals surface area (Å²) in [5.41, 5.74) is 0.828. The minimum Gasteiger partial charge on any atom is -0.294 e. The molecule has 0 fully saturated rings. The Morgan fingerprint density at radius 1 is 1.38 bits per heavy atom. The summed E-state index contributed by atoms with van der Waals surface area (Å²) in [5, 5.41) is 0.932. The summed E-state index contributed by atoms with van der Waals surface area (Å²) < 4.78 is 1.10. The highest BCUT2D eigenvalue weighted by atomic mass is 79.9. The molecule has 0 aliphatic carbocycles. The molecule has 0 spiro atoms. The molecule has 0 radical (unpaired) electrons. The van der Waals surface area contributed by atoms with Gasteiger partial charge in [-0.1, -0.05) is 0 Å². The average molecular weight is 316 g/mol. The van der Waals surface area contributed by atoms with Gasteiger partial charge in [0.15, 0.2) is 5.78 Å². The van der Waals surface area contributed by atoms with Gasteiger partial charge in [0.25, 0.3) is 0 Å². The monoisotopic (exact) mass is 315 g/mol. The Labute approximate surface area is 110 Å². The molecular formula is C11H10BrNOS2. The molecule has 0 bridgehead atoms. The third-order valence-corrected chi connectivity index (χ3v) is 5.75. The van der Waals surface area contributed by atoms with E-state index in [0.29, 0.717) is 0 Å². The van der Waals surface area contributed by atoms with Gasteiger partial charge in [-0.05, 0) is 35.8 Å². The third-order valence-electron chi connectivity index (χ3n) is 2.18. The van der Waals surface area contributed by atoms with Crippen molar-refractivity contribution in [2.75, 3.05) is 0 Å². The van der Waals surface area contributed by atoms with Crippen molar-refractivity contribution in [2.24, 2.45) is 0 Å². The average Bonchev–Trinajstić information content (AvgIpc) is 2.71. The van der Waals surface area contributed by atoms with Crippen molar-refractivity contribution < 1.29 is 4.79 Å². The smallest absolute Gasteiger partial charge is 0.171 e. The van der Waals surface area contributed by atoms with Crippen LogP contribution in [0.2, 0.25) is 0 Å². The molecule has 84 valence electrons. The van der Waals surface area contributed by atoms with E-state index in [1.54, 1.807) is 18.3 Å². The number of thiophene rings is 1. The molecule has 2 nitrogen and oxygen atoms in total. The van der Waals surface area contributed by atoms with E-state index in [1.807, 2.05) is 6.92 Å². The number of Topliss-reactive ketones (excluding diaryl/α,β-unsaturated/α-hetero) is 1. The van der Waals surface area contributed by atoms with Crippen LogP contribution in [0.3, 0.4) is 0 Å². The van der Waals surface area contributed by atoms with E-state index in [2.05, 4.69) is 33.9 Å². The van der Waals surface area contributed by atoms with Crippen molar-refractivity contribution in [3.05, 3.63) is 26.0 Å². The Bertz CT molecular complexity index is 537. The maximum atomic E-state index is 11.3. The van der Waals surface area contributed by atoms with Crippen molar-refractivity contribution in [1.82, 2.24) is 4.98 Å². The number of aromatic nitrogens is 1. The number of aryl methyl sites for hydroxylation is 2. The number of carbonyl (C=O) groups is 1. The molecule has 2 aromatic rings.